The molecular weight excluding hydrogens is 392 g/mol. The third-order valence-corrected chi connectivity index (χ3v) is 8.28. The molecule has 2 aliphatic rings. The third kappa shape index (κ3) is 2.92. The summed E-state index contributed by atoms with van der Waals surface area (Å²) in [7, 11) is 0. The average molecular weight is 423 g/mol. The smallest absolute Gasteiger partial charge is 0.178 e. The molecule has 0 saturated heterocycles. The molecule has 3 aromatic carbocycles. The van der Waals surface area contributed by atoms with Crippen LogP contribution in [0, 0.1) is 0 Å². The van der Waals surface area contributed by atoms with Gasteiger partial charge < -0.3 is 8.83 Å². The Labute approximate surface area is 188 Å². The van der Waals surface area contributed by atoms with Crippen LogP contribution >= 0.6 is 0 Å². The Balaban J connectivity index is 1.38. The summed E-state index contributed by atoms with van der Waals surface area (Å²) in [6, 6.07) is 18.2. The molecule has 0 aliphatic heterocycles. The number of furan rings is 2. The molecule has 0 bridgehead atoms. The van der Waals surface area contributed by atoms with Crippen molar-refractivity contribution in [1.29, 1.82) is 0 Å². The minimum atomic E-state index is 0.700. The highest BCUT2D eigenvalue weighted by Crippen LogP contribution is 2.42. The molecule has 7 rings (SSSR count). The first-order chi connectivity index (χ1) is 15.8. The molecule has 0 atom stereocenters. The lowest BCUT2D eigenvalue weighted by Gasteiger charge is -2.21. The average Bonchev–Trinajstić information content (AvgIpc) is 3.42. The second-order valence-corrected chi connectivity index (χ2v) is 10.2. The minimum absolute atomic E-state index is 0.700. The summed E-state index contributed by atoms with van der Waals surface area (Å²) < 4.78 is 12.8. The largest absolute Gasteiger partial charge is 0.452 e. The molecule has 0 amide bonds. The van der Waals surface area contributed by atoms with E-state index in [9.17, 15) is 0 Å². The van der Waals surface area contributed by atoms with Gasteiger partial charge in [0.15, 0.2) is 11.2 Å². The van der Waals surface area contributed by atoms with E-state index in [1.165, 1.54) is 96.9 Å². The maximum absolute atomic E-state index is 6.39. The van der Waals surface area contributed by atoms with E-state index in [0.717, 1.165) is 22.3 Å². The number of benzene rings is 3. The highest BCUT2D eigenvalue weighted by Gasteiger charge is 2.21. The molecule has 2 nitrogen and oxygen atoms in total. The summed E-state index contributed by atoms with van der Waals surface area (Å²) in [6.45, 7) is 0. The van der Waals surface area contributed by atoms with Gasteiger partial charge in [-0.05, 0) is 85.0 Å². The first-order valence-electron chi connectivity index (χ1n) is 12.7. The summed E-state index contributed by atoms with van der Waals surface area (Å²) in [5.41, 5.74) is 6.68. The van der Waals surface area contributed by atoms with Crippen LogP contribution in [0.4, 0.5) is 0 Å². The zero-order valence-electron chi connectivity index (χ0n) is 18.7. The number of fused-ring (bicyclic) bond motifs is 7. The van der Waals surface area contributed by atoms with Crippen molar-refractivity contribution in [3.05, 3.63) is 59.7 Å². The highest BCUT2D eigenvalue weighted by molar-refractivity contribution is 6.18. The van der Waals surface area contributed by atoms with E-state index in [2.05, 4.69) is 48.5 Å². The first-order valence-corrected chi connectivity index (χ1v) is 12.7. The van der Waals surface area contributed by atoms with Crippen LogP contribution in [0.5, 0.6) is 0 Å². The van der Waals surface area contributed by atoms with Crippen LogP contribution in [0.1, 0.15) is 87.2 Å². The van der Waals surface area contributed by atoms with Crippen molar-refractivity contribution in [1.82, 2.24) is 0 Å². The Kier molecular flexibility index (Phi) is 4.35. The van der Waals surface area contributed by atoms with Crippen molar-refractivity contribution in [2.75, 3.05) is 0 Å². The molecule has 5 aromatic rings. The van der Waals surface area contributed by atoms with Crippen molar-refractivity contribution in [3.63, 3.8) is 0 Å². The second kappa shape index (κ2) is 7.40. The molecule has 2 heterocycles. The van der Waals surface area contributed by atoms with E-state index in [0.29, 0.717) is 11.8 Å². The van der Waals surface area contributed by atoms with Crippen LogP contribution in [0.2, 0.25) is 0 Å². The second-order valence-electron chi connectivity index (χ2n) is 10.2. The first kappa shape index (κ1) is 18.8. The Morgan fingerprint density at radius 2 is 0.906 bits per heavy atom. The monoisotopic (exact) mass is 422 g/mol. The quantitative estimate of drug-likeness (QED) is 0.283. The molecule has 0 N–H and O–H groups in total. The molecule has 2 aliphatic carbocycles. The van der Waals surface area contributed by atoms with Gasteiger partial charge in [0.05, 0.1) is 0 Å². The summed E-state index contributed by atoms with van der Waals surface area (Å²) in [5, 5.41) is 4.81. The molecule has 32 heavy (non-hydrogen) atoms. The van der Waals surface area contributed by atoms with Gasteiger partial charge in [-0.25, -0.2) is 0 Å². The Morgan fingerprint density at radius 3 is 1.34 bits per heavy atom. The number of hydrogen-bond acceptors (Lipinski definition) is 2. The standard InChI is InChI=1S/C30H30O2/c1-3-7-19(8-4-1)21-11-15-27-25(17-21)23-13-14-24-26-18-22(20-9-5-2-6-10-20)12-16-28(26)32-30(24)29(23)31-27/h11-20H,1-10H2. The maximum atomic E-state index is 6.39. The predicted octanol–water partition coefficient (Wildman–Crippen LogP) is 9.58. The lowest BCUT2D eigenvalue weighted by molar-refractivity contribution is 0.444. The normalized spacial score (nSPS) is 19.0. The Morgan fingerprint density at radius 1 is 0.469 bits per heavy atom. The van der Waals surface area contributed by atoms with Gasteiger partial charge in [-0.3, -0.25) is 0 Å². The van der Waals surface area contributed by atoms with Gasteiger partial charge in [-0.15, -0.1) is 0 Å². The third-order valence-electron chi connectivity index (χ3n) is 8.28. The van der Waals surface area contributed by atoms with Gasteiger partial charge in [0.1, 0.15) is 11.2 Å². The molecule has 2 saturated carbocycles. The van der Waals surface area contributed by atoms with Gasteiger partial charge in [-0.2, -0.15) is 0 Å². The molecule has 162 valence electrons. The zero-order chi connectivity index (χ0) is 21.1. The van der Waals surface area contributed by atoms with E-state index in [-0.39, 0.29) is 0 Å². The van der Waals surface area contributed by atoms with Crippen molar-refractivity contribution in [2.45, 2.75) is 76.0 Å². The lowest BCUT2D eigenvalue weighted by atomic mass is 9.83. The Hall–Kier alpha value is -2.74. The molecule has 2 heteroatoms. The van der Waals surface area contributed by atoms with Gasteiger partial charge in [0, 0.05) is 21.5 Å². The van der Waals surface area contributed by atoms with Crippen LogP contribution < -0.4 is 0 Å². The maximum Gasteiger partial charge on any atom is 0.178 e. The zero-order valence-corrected chi connectivity index (χ0v) is 18.7. The van der Waals surface area contributed by atoms with Crippen LogP contribution in [-0.4, -0.2) is 0 Å². The fraction of sp³-hybridized carbons (Fsp3) is 0.400. The van der Waals surface area contributed by atoms with Crippen LogP contribution in [-0.2, 0) is 0 Å². The molecule has 2 aromatic heterocycles. The topological polar surface area (TPSA) is 26.3 Å². The summed E-state index contributed by atoms with van der Waals surface area (Å²) in [5.74, 6) is 1.40. The van der Waals surface area contributed by atoms with E-state index < -0.39 is 0 Å². The van der Waals surface area contributed by atoms with Crippen molar-refractivity contribution >= 4 is 43.9 Å². The molecule has 0 radical (unpaired) electrons. The highest BCUT2D eigenvalue weighted by atomic mass is 16.4. The summed E-state index contributed by atoms with van der Waals surface area (Å²) >= 11 is 0. The van der Waals surface area contributed by atoms with Crippen molar-refractivity contribution in [3.8, 4) is 0 Å². The molecule has 0 spiro atoms. The van der Waals surface area contributed by atoms with E-state index in [1.54, 1.807) is 0 Å². The van der Waals surface area contributed by atoms with Crippen LogP contribution in [0.25, 0.3) is 43.9 Å². The van der Waals surface area contributed by atoms with Crippen molar-refractivity contribution in [2.24, 2.45) is 0 Å². The van der Waals surface area contributed by atoms with E-state index in [4.69, 9.17) is 8.83 Å². The molecular formula is C30H30O2. The van der Waals surface area contributed by atoms with E-state index >= 15 is 0 Å². The molecule has 2 fully saturated rings. The number of rotatable bonds is 2. The summed E-state index contributed by atoms with van der Waals surface area (Å²) in [4.78, 5) is 0. The van der Waals surface area contributed by atoms with Gasteiger partial charge >= 0.3 is 0 Å². The van der Waals surface area contributed by atoms with Crippen LogP contribution in [0.3, 0.4) is 0 Å². The predicted molar refractivity (Wildman–Crippen MR) is 133 cm³/mol. The van der Waals surface area contributed by atoms with Crippen LogP contribution in [0.15, 0.2) is 57.4 Å². The lowest BCUT2D eigenvalue weighted by Crippen LogP contribution is -2.04. The van der Waals surface area contributed by atoms with Gasteiger partial charge in [0.25, 0.3) is 0 Å². The van der Waals surface area contributed by atoms with Gasteiger partial charge in [-0.1, -0.05) is 50.7 Å². The Bertz CT molecular complexity index is 1330. The summed E-state index contributed by atoms with van der Waals surface area (Å²) in [6.07, 6.45) is 13.5. The minimum Gasteiger partial charge on any atom is -0.452 e. The number of hydrogen-bond donors (Lipinski definition) is 0. The SMILES string of the molecule is c1cc2oc3c(ccc4c5cc(C6CCCCC6)ccc5oc43)c2cc1C1CCCCC1. The van der Waals surface area contributed by atoms with Gasteiger partial charge in [0.2, 0.25) is 0 Å². The van der Waals surface area contributed by atoms with E-state index in [1.807, 2.05) is 0 Å². The van der Waals surface area contributed by atoms with Crippen molar-refractivity contribution < 1.29 is 8.83 Å². The molecule has 0 unspecified atom stereocenters. The fourth-order valence-corrected chi connectivity index (χ4v) is 6.48. The fourth-order valence-electron chi connectivity index (χ4n) is 6.48.